The number of ether oxygens (including phenoxy) is 1. The predicted octanol–water partition coefficient (Wildman–Crippen LogP) is 1.28. The van der Waals surface area contributed by atoms with E-state index in [-0.39, 0.29) is 24.0 Å². The number of nitrogens with zero attached hydrogens (tertiary/aromatic N) is 1. The van der Waals surface area contributed by atoms with Crippen LogP contribution >= 0.6 is 0 Å². The smallest absolute Gasteiger partial charge is 0.225 e. The van der Waals surface area contributed by atoms with Crippen LogP contribution in [0.1, 0.15) is 27.7 Å². The van der Waals surface area contributed by atoms with Gasteiger partial charge in [0.25, 0.3) is 0 Å². The van der Waals surface area contributed by atoms with Crippen LogP contribution in [0, 0.1) is 5.92 Å². The summed E-state index contributed by atoms with van der Waals surface area (Å²) in [5, 5.41) is 0. The Morgan fingerprint density at radius 1 is 1.46 bits per heavy atom. The third kappa shape index (κ3) is 2.44. The largest absolute Gasteiger partial charge is 0.375 e. The normalized spacial score (nSPS) is 29.5. The first kappa shape index (κ1) is 10.5. The molecule has 0 radical (unpaired) electrons. The van der Waals surface area contributed by atoms with Gasteiger partial charge in [-0.1, -0.05) is 13.8 Å². The van der Waals surface area contributed by atoms with Crippen LogP contribution in [0.4, 0.5) is 0 Å². The molecule has 3 heteroatoms. The van der Waals surface area contributed by atoms with E-state index in [1.54, 1.807) is 0 Å². The molecule has 1 saturated heterocycles. The Balaban J connectivity index is 2.60. The summed E-state index contributed by atoms with van der Waals surface area (Å²) < 4.78 is 5.46. The van der Waals surface area contributed by atoms with Gasteiger partial charge in [0.15, 0.2) is 0 Å². The van der Waals surface area contributed by atoms with Gasteiger partial charge in [-0.2, -0.15) is 0 Å². The van der Waals surface area contributed by atoms with Crippen molar-refractivity contribution >= 4 is 5.91 Å². The maximum Gasteiger partial charge on any atom is 0.225 e. The van der Waals surface area contributed by atoms with Gasteiger partial charge in [0.05, 0.1) is 18.8 Å². The van der Waals surface area contributed by atoms with E-state index in [4.69, 9.17) is 4.74 Å². The summed E-state index contributed by atoms with van der Waals surface area (Å²) in [4.78, 5) is 13.7. The number of carbonyl (C=O) groups is 1. The lowest BCUT2D eigenvalue weighted by atomic mass is 10.1. The molecule has 1 aliphatic rings. The lowest BCUT2D eigenvalue weighted by Crippen LogP contribution is -2.51. The van der Waals surface area contributed by atoms with Crippen molar-refractivity contribution in [2.45, 2.75) is 39.8 Å². The Hall–Kier alpha value is -0.570. The van der Waals surface area contributed by atoms with Gasteiger partial charge >= 0.3 is 0 Å². The molecule has 1 rings (SSSR count). The number of hydrogen-bond acceptors (Lipinski definition) is 2. The quantitative estimate of drug-likeness (QED) is 0.616. The zero-order chi connectivity index (χ0) is 10.0. The van der Waals surface area contributed by atoms with Crippen molar-refractivity contribution in [1.82, 2.24) is 4.90 Å². The molecule has 2 atom stereocenters. The third-order valence-electron chi connectivity index (χ3n) is 2.38. The second kappa shape index (κ2) is 4.09. The number of hydrogen-bond donors (Lipinski definition) is 0. The van der Waals surface area contributed by atoms with Crippen molar-refractivity contribution in [3.63, 3.8) is 0 Å². The van der Waals surface area contributed by atoms with Crippen LogP contribution in [-0.4, -0.2) is 36.1 Å². The van der Waals surface area contributed by atoms with Gasteiger partial charge in [-0.3, -0.25) is 4.79 Å². The molecule has 0 N–H and O–H groups in total. The van der Waals surface area contributed by atoms with Crippen molar-refractivity contribution in [2.75, 3.05) is 13.2 Å². The lowest BCUT2D eigenvalue weighted by molar-refractivity contribution is -0.146. The van der Waals surface area contributed by atoms with Crippen molar-refractivity contribution in [3.05, 3.63) is 0 Å². The summed E-state index contributed by atoms with van der Waals surface area (Å²) in [6, 6.07) is 0.228. The second-order valence-corrected chi connectivity index (χ2v) is 4.14. The molecule has 3 nitrogen and oxygen atoms in total. The first-order chi connectivity index (χ1) is 6.02. The lowest BCUT2D eigenvalue weighted by Gasteiger charge is -2.37. The molecule has 1 heterocycles. The Labute approximate surface area is 80.1 Å². The minimum atomic E-state index is 0.0905. The van der Waals surface area contributed by atoms with Gasteiger partial charge in [0, 0.05) is 12.5 Å². The van der Waals surface area contributed by atoms with Crippen molar-refractivity contribution in [1.29, 1.82) is 0 Å². The molecule has 1 fully saturated rings. The third-order valence-corrected chi connectivity index (χ3v) is 2.38. The topological polar surface area (TPSA) is 29.5 Å². The summed E-state index contributed by atoms with van der Waals surface area (Å²) in [6.45, 7) is 9.32. The van der Waals surface area contributed by atoms with Crippen LogP contribution in [0.3, 0.4) is 0 Å². The van der Waals surface area contributed by atoms with Crippen LogP contribution < -0.4 is 0 Å². The summed E-state index contributed by atoms with van der Waals surface area (Å²) in [5.74, 6) is 0.329. The van der Waals surface area contributed by atoms with Crippen molar-refractivity contribution in [3.8, 4) is 0 Å². The molecular weight excluding hydrogens is 166 g/mol. The first-order valence-corrected chi connectivity index (χ1v) is 4.94. The van der Waals surface area contributed by atoms with Gasteiger partial charge in [-0.05, 0) is 13.8 Å². The highest BCUT2D eigenvalue weighted by atomic mass is 16.5. The summed E-state index contributed by atoms with van der Waals surface area (Å²) in [6.07, 6.45) is 0.180. The standard InChI is InChI=1S/C10H19NO2/c1-7(2)10(12)11-5-9(4)13-6-8(11)3/h7-9H,5-6H2,1-4H3. The highest BCUT2D eigenvalue weighted by Gasteiger charge is 2.28. The number of rotatable bonds is 1. The molecule has 0 bridgehead atoms. The molecular formula is C10H19NO2. The highest BCUT2D eigenvalue weighted by Crippen LogP contribution is 2.14. The Bertz CT molecular complexity index is 191. The van der Waals surface area contributed by atoms with E-state index in [1.807, 2.05) is 32.6 Å². The van der Waals surface area contributed by atoms with Crippen molar-refractivity contribution in [2.24, 2.45) is 5.92 Å². The maximum atomic E-state index is 11.7. The fraction of sp³-hybridized carbons (Fsp3) is 0.900. The van der Waals surface area contributed by atoms with Crippen molar-refractivity contribution < 1.29 is 9.53 Å². The summed E-state index contributed by atoms with van der Waals surface area (Å²) in [5.41, 5.74) is 0. The first-order valence-electron chi connectivity index (χ1n) is 4.94. The molecule has 0 saturated carbocycles. The van der Waals surface area contributed by atoms with Gasteiger partial charge in [-0.15, -0.1) is 0 Å². The number of amides is 1. The minimum Gasteiger partial charge on any atom is -0.375 e. The number of carbonyl (C=O) groups excluding carboxylic acids is 1. The molecule has 0 aromatic rings. The fourth-order valence-corrected chi connectivity index (χ4v) is 1.54. The van der Waals surface area contributed by atoms with Gasteiger partial charge in [-0.25, -0.2) is 0 Å². The highest BCUT2D eigenvalue weighted by molar-refractivity contribution is 5.78. The average molecular weight is 185 g/mol. The van der Waals surface area contributed by atoms with Crippen LogP contribution in [-0.2, 0) is 9.53 Å². The molecule has 0 aromatic carbocycles. The van der Waals surface area contributed by atoms with E-state index < -0.39 is 0 Å². The fourth-order valence-electron chi connectivity index (χ4n) is 1.54. The van der Waals surface area contributed by atoms with Crippen LogP contribution in [0.15, 0.2) is 0 Å². The monoisotopic (exact) mass is 185 g/mol. The van der Waals surface area contributed by atoms with E-state index in [0.717, 1.165) is 6.54 Å². The molecule has 76 valence electrons. The minimum absolute atomic E-state index is 0.0905. The van der Waals surface area contributed by atoms with E-state index in [1.165, 1.54) is 0 Å². The van der Waals surface area contributed by atoms with E-state index in [2.05, 4.69) is 0 Å². The van der Waals surface area contributed by atoms with E-state index in [0.29, 0.717) is 6.61 Å². The summed E-state index contributed by atoms with van der Waals surface area (Å²) >= 11 is 0. The molecule has 2 unspecified atom stereocenters. The SMILES string of the molecule is CC1CN(C(=O)C(C)C)C(C)CO1. The molecule has 1 aliphatic heterocycles. The van der Waals surface area contributed by atoms with Crippen LogP contribution in [0.2, 0.25) is 0 Å². The number of morpholine rings is 1. The molecule has 0 aliphatic carbocycles. The predicted molar refractivity (Wildman–Crippen MR) is 51.4 cm³/mol. The molecule has 0 spiro atoms. The molecule has 13 heavy (non-hydrogen) atoms. The van der Waals surface area contributed by atoms with E-state index in [9.17, 15) is 4.79 Å². The Kier molecular flexibility index (Phi) is 3.31. The van der Waals surface area contributed by atoms with Crippen LogP contribution in [0.5, 0.6) is 0 Å². The maximum absolute atomic E-state index is 11.7. The Morgan fingerprint density at radius 3 is 2.62 bits per heavy atom. The van der Waals surface area contributed by atoms with Crippen LogP contribution in [0.25, 0.3) is 0 Å². The second-order valence-electron chi connectivity index (χ2n) is 4.14. The van der Waals surface area contributed by atoms with E-state index >= 15 is 0 Å². The summed E-state index contributed by atoms with van der Waals surface area (Å²) in [7, 11) is 0. The zero-order valence-electron chi connectivity index (χ0n) is 8.91. The van der Waals surface area contributed by atoms with Gasteiger partial charge < -0.3 is 9.64 Å². The molecule has 1 amide bonds. The average Bonchev–Trinajstić information content (AvgIpc) is 2.08. The zero-order valence-corrected chi connectivity index (χ0v) is 8.91. The Morgan fingerprint density at radius 2 is 2.08 bits per heavy atom. The molecule has 0 aromatic heterocycles. The van der Waals surface area contributed by atoms with Gasteiger partial charge in [0.1, 0.15) is 0 Å². The van der Waals surface area contributed by atoms with Gasteiger partial charge in [0.2, 0.25) is 5.91 Å².